The lowest BCUT2D eigenvalue weighted by Gasteiger charge is -2.33. The normalized spacial score (nSPS) is 15.4. The first kappa shape index (κ1) is 26.6. The zero-order valence-electron chi connectivity index (χ0n) is 22.0. The van der Waals surface area contributed by atoms with Crippen LogP contribution in [0.2, 0.25) is 5.02 Å². The standard InChI is InChI=1S/C29H31ClN6O3/c1-35(2)17-27(37)36-14-6-8-22(16-36)39-26-10-5-9-24-28(26)29(33-19-32-24)34-20-11-12-25(23(30)15-20)38-18-21-7-3-4-13-31-21/h3-5,7,9-13,15,19,22H,6,8,14,16-18H2,1-2H3,(H,32,33,34)/t22-/m0/s1. The van der Waals surface area contributed by atoms with Crippen molar-refractivity contribution in [2.24, 2.45) is 0 Å². The summed E-state index contributed by atoms with van der Waals surface area (Å²) >= 11 is 6.53. The lowest BCUT2D eigenvalue weighted by atomic mass is 10.1. The van der Waals surface area contributed by atoms with E-state index in [9.17, 15) is 4.79 Å². The SMILES string of the molecule is CN(C)CC(=O)N1CCC[C@H](Oc2cccc3ncnc(Nc4ccc(OCc5ccccn5)c(Cl)c4)c23)C1. The van der Waals surface area contributed by atoms with Crippen LogP contribution in [0.4, 0.5) is 11.5 Å². The maximum Gasteiger partial charge on any atom is 0.236 e. The van der Waals surface area contributed by atoms with E-state index < -0.39 is 0 Å². The van der Waals surface area contributed by atoms with Crippen LogP contribution in [0, 0.1) is 0 Å². The number of hydrogen-bond donors (Lipinski definition) is 1. The molecule has 1 aliphatic heterocycles. The van der Waals surface area contributed by atoms with Gasteiger partial charge in [-0.1, -0.05) is 23.7 Å². The predicted octanol–water partition coefficient (Wildman–Crippen LogP) is 4.93. The highest BCUT2D eigenvalue weighted by Gasteiger charge is 2.26. The molecule has 39 heavy (non-hydrogen) atoms. The maximum atomic E-state index is 12.6. The van der Waals surface area contributed by atoms with Crippen LogP contribution in [0.15, 0.2) is 67.1 Å². The van der Waals surface area contributed by atoms with Crippen LogP contribution in [0.5, 0.6) is 11.5 Å². The van der Waals surface area contributed by atoms with Crippen molar-refractivity contribution >= 4 is 39.9 Å². The molecular weight excluding hydrogens is 516 g/mol. The number of ether oxygens (including phenoxy) is 2. The van der Waals surface area contributed by atoms with Crippen molar-refractivity contribution in [1.82, 2.24) is 24.8 Å². The summed E-state index contributed by atoms with van der Waals surface area (Å²) < 4.78 is 12.3. The van der Waals surface area contributed by atoms with E-state index in [-0.39, 0.29) is 12.0 Å². The summed E-state index contributed by atoms with van der Waals surface area (Å²) in [5.74, 6) is 1.95. The fourth-order valence-electron chi connectivity index (χ4n) is 4.55. The maximum absolute atomic E-state index is 12.6. The number of fused-ring (bicyclic) bond motifs is 1. The summed E-state index contributed by atoms with van der Waals surface area (Å²) in [5.41, 5.74) is 2.32. The van der Waals surface area contributed by atoms with Crippen LogP contribution in [0.3, 0.4) is 0 Å². The second-order valence-electron chi connectivity index (χ2n) is 9.71. The van der Waals surface area contributed by atoms with Gasteiger partial charge in [0.05, 0.1) is 34.7 Å². The predicted molar refractivity (Wildman–Crippen MR) is 152 cm³/mol. The third-order valence-corrected chi connectivity index (χ3v) is 6.69. The Balaban J connectivity index is 1.33. The third kappa shape index (κ3) is 6.74. The van der Waals surface area contributed by atoms with Crippen molar-refractivity contribution in [1.29, 1.82) is 0 Å². The number of carbonyl (C=O) groups excluding carboxylic acids is 1. The van der Waals surface area contributed by atoms with Crippen LogP contribution in [0.25, 0.3) is 10.9 Å². The number of nitrogens with zero attached hydrogens (tertiary/aromatic N) is 5. The van der Waals surface area contributed by atoms with E-state index in [1.165, 1.54) is 6.33 Å². The summed E-state index contributed by atoms with van der Waals surface area (Å²) in [6.07, 6.45) is 4.89. The monoisotopic (exact) mass is 546 g/mol. The Hall–Kier alpha value is -3.95. The Morgan fingerprint density at radius 2 is 2.00 bits per heavy atom. The van der Waals surface area contributed by atoms with E-state index >= 15 is 0 Å². The average Bonchev–Trinajstić information content (AvgIpc) is 2.93. The molecule has 0 saturated carbocycles. The molecule has 9 nitrogen and oxygen atoms in total. The molecule has 1 atom stereocenters. The molecule has 0 bridgehead atoms. The van der Waals surface area contributed by atoms with Crippen LogP contribution < -0.4 is 14.8 Å². The topological polar surface area (TPSA) is 92.7 Å². The summed E-state index contributed by atoms with van der Waals surface area (Å²) in [6, 6.07) is 16.9. The highest BCUT2D eigenvalue weighted by molar-refractivity contribution is 6.32. The average molecular weight is 547 g/mol. The fourth-order valence-corrected chi connectivity index (χ4v) is 4.79. The number of rotatable bonds is 9. The molecule has 4 aromatic rings. The highest BCUT2D eigenvalue weighted by atomic mass is 35.5. The molecule has 2 aromatic heterocycles. The number of likely N-dealkylation sites (tertiary alicyclic amines) is 1. The first-order valence-electron chi connectivity index (χ1n) is 12.9. The summed E-state index contributed by atoms with van der Waals surface area (Å²) in [7, 11) is 3.80. The molecular formula is C29H31ClN6O3. The minimum absolute atomic E-state index is 0.112. The van der Waals surface area contributed by atoms with Crippen LogP contribution in [-0.2, 0) is 11.4 Å². The van der Waals surface area contributed by atoms with Crippen molar-refractivity contribution in [3.05, 3.63) is 77.8 Å². The molecule has 0 radical (unpaired) electrons. The molecule has 1 saturated heterocycles. The van der Waals surface area contributed by atoms with E-state index in [4.69, 9.17) is 21.1 Å². The lowest BCUT2D eigenvalue weighted by Crippen LogP contribution is -2.47. The molecule has 1 N–H and O–H groups in total. The van der Waals surface area contributed by atoms with Crippen molar-refractivity contribution < 1.29 is 14.3 Å². The molecule has 2 aromatic carbocycles. The molecule has 1 amide bonds. The number of pyridine rings is 1. The Bertz CT molecular complexity index is 1430. The minimum atomic E-state index is -0.117. The van der Waals surface area contributed by atoms with E-state index in [0.29, 0.717) is 42.0 Å². The Kier molecular flexibility index (Phi) is 8.39. The number of hydrogen-bond acceptors (Lipinski definition) is 8. The van der Waals surface area contributed by atoms with E-state index in [2.05, 4.69) is 20.3 Å². The van der Waals surface area contributed by atoms with Crippen molar-refractivity contribution in [2.45, 2.75) is 25.6 Å². The van der Waals surface area contributed by atoms with Crippen LogP contribution in [-0.4, -0.2) is 70.5 Å². The number of likely N-dealkylation sites (N-methyl/N-ethyl adjacent to an activating group) is 1. The van der Waals surface area contributed by atoms with Crippen molar-refractivity contribution in [3.63, 3.8) is 0 Å². The minimum Gasteiger partial charge on any atom is -0.488 e. The molecule has 0 spiro atoms. The van der Waals surface area contributed by atoms with Gasteiger partial charge in [-0.3, -0.25) is 9.78 Å². The first-order valence-corrected chi connectivity index (χ1v) is 13.3. The van der Waals surface area contributed by atoms with E-state index in [1.54, 1.807) is 12.3 Å². The molecule has 5 rings (SSSR count). The molecule has 1 aliphatic rings. The van der Waals surface area contributed by atoms with Gasteiger partial charge < -0.3 is 24.6 Å². The first-order chi connectivity index (χ1) is 19.0. The van der Waals surface area contributed by atoms with Crippen molar-refractivity contribution in [2.75, 3.05) is 39.0 Å². The molecule has 0 unspecified atom stereocenters. The van der Waals surface area contributed by atoms with E-state index in [0.717, 1.165) is 41.7 Å². The summed E-state index contributed by atoms with van der Waals surface area (Å²) in [5, 5.41) is 4.60. The number of halogens is 1. The molecule has 0 aliphatic carbocycles. The zero-order chi connectivity index (χ0) is 27.2. The number of anilines is 2. The number of aromatic nitrogens is 3. The lowest BCUT2D eigenvalue weighted by molar-refractivity contribution is -0.134. The molecule has 10 heteroatoms. The van der Waals surface area contributed by atoms with Gasteiger partial charge in [-0.15, -0.1) is 0 Å². The van der Waals surface area contributed by atoms with Crippen LogP contribution in [0.1, 0.15) is 18.5 Å². The highest BCUT2D eigenvalue weighted by Crippen LogP contribution is 2.35. The van der Waals surface area contributed by atoms with Gasteiger partial charge in [0.25, 0.3) is 0 Å². The number of carbonyl (C=O) groups is 1. The zero-order valence-corrected chi connectivity index (χ0v) is 22.8. The largest absolute Gasteiger partial charge is 0.488 e. The van der Waals surface area contributed by atoms with Gasteiger partial charge >= 0.3 is 0 Å². The Labute approximate surface area is 232 Å². The smallest absolute Gasteiger partial charge is 0.236 e. The Morgan fingerprint density at radius 1 is 1.10 bits per heavy atom. The van der Waals surface area contributed by atoms with Gasteiger partial charge in [-0.2, -0.15) is 0 Å². The number of benzene rings is 2. The fraction of sp³-hybridized carbons (Fsp3) is 0.310. The number of piperidine rings is 1. The van der Waals surface area contributed by atoms with E-state index in [1.807, 2.05) is 72.4 Å². The van der Waals surface area contributed by atoms with Gasteiger partial charge in [0.2, 0.25) is 5.91 Å². The van der Waals surface area contributed by atoms with Gasteiger partial charge in [0.15, 0.2) is 0 Å². The third-order valence-electron chi connectivity index (χ3n) is 6.40. The van der Waals surface area contributed by atoms with Crippen molar-refractivity contribution in [3.8, 4) is 11.5 Å². The van der Waals surface area contributed by atoms with Gasteiger partial charge in [0, 0.05) is 18.4 Å². The molecule has 3 heterocycles. The molecule has 1 fully saturated rings. The second kappa shape index (κ2) is 12.3. The number of nitrogens with one attached hydrogen (secondary N) is 1. The Morgan fingerprint density at radius 3 is 2.79 bits per heavy atom. The van der Waals surface area contributed by atoms with Gasteiger partial charge in [0.1, 0.15) is 36.4 Å². The summed E-state index contributed by atoms with van der Waals surface area (Å²) in [6.45, 7) is 2.01. The molecule has 202 valence electrons. The summed E-state index contributed by atoms with van der Waals surface area (Å²) in [4.78, 5) is 29.6. The van der Waals surface area contributed by atoms with Crippen LogP contribution >= 0.6 is 11.6 Å². The van der Waals surface area contributed by atoms with Gasteiger partial charge in [-0.05, 0) is 69.4 Å². The quantitative estimate of drug-likeness (QED) is 0.316. The second-order valence-corrected chi connectivity index (χ2v) is 10.1. The van der Waals surface area contributed by atoms with Gasteiger partial charge in [-0.25, -0.2) is 9.97 Å². The number of amides is 1.